The molecular formula is C12H21N3O. The van der Waals surface area contributed by atoms with Crippen LogP contribution in [0, 0.1) is 6.92 Å². The van der Waals surface area contributed by atoms with Crippen LogP contribution >= 0.6 is 0 Å². The van der Waals surface area contributed by atoms with E-state index in [1.165, 1.54) is 0 Å². The van der Waals surface area contributed by atoms with Crippen LogP contribution in [0.4, 0.5) is 11.5 Å². The van der Waals surface area contributed by atoms with Crippen molar-refractivity contribution >= 4 is 11.5 Å². The first-order valence-electron chi connectivity index (χ1n) is 5.36. The maximum atomic E-state index is 10.0. The SMILES string of the molecule is Cc1cc(N)cnc1NC(C)(C)C(C)(C)O. The largest absolute Gasteiger partial charge is 0.397 e. The fourth-order valence-electron chi connectivity index (χ4n) is 1.18. The summed E-state index contributed by atoms with van der Waals surface area (Å²) in [5, 5.41) is 13.3. The van der Waals surface area contributed by atoms with Gasteiger partial charge in [-0.3, -0.25) is 0 Å². The van der Waals surface area contributed by atoms with Crippen molar-refractivity contribution in [2.45, 2.75) is 45.8 Å². The maximum absolute atomic E-state index is 10.0. The van der Waals surface area contributed by atoms with E-state index < -0.39 is 11.1 Å². The highest BCUT2D eigenvalue weighted by Gasteiger charge is 2.35. The van der Waals surface area contributed by atoms with E-state index in [0.29, 0.717) is 5.69 Å². The number of nitrogens with two attached hydrogens (primary N) is 1. The number of nitrogens with zero attached hydrogens (tertiary/aromatic N) is 1. The third-order valence-corrected chi connectivity index (χ3v) is 3.06. The van der Waals surface area contributed by atoms with E-state index in [0.717, 1.165) is 11.4 Å². The van der Waals surface area contributed by atoms with Gasteiger partial charge in [0.25, 0.3) is 0 Å². The summed E-state index contributed by atoms with van der Waals surface area (Å²) in [6, 6.07) is 1.86. The fraction of sp³-hybridized carbons (Fsp3) is 0.583. The lowest BCUT2D eigenvalue weighted by molar-refractivity contribution is 0.0238. The number of hydrogen-bond donors (Lipinski definition) is 3. The topological polar surface area (TPSA) is 71.2 Å². The van der Waals surface area contributed by atoms with Gasteiger partial charge in [-0.05, 0) is 46.2 Å². The van der Waals surface area contributed by atoms with Crippen molar-refractivity contribution in [1.82, 2.24) is 4.98 Å². The lowest BCUT2D eigenvalue weighted by Gasteiger charge is -2.38. The summed E-state index contributed by atoms with van der Waals surface area (Å²) < 4.78 is 0. The van der Waals surface area contributed by atoms with E-state index in [-0.39, 0.29) is 0 Å². The average Bonchev–Trinajstić information content (AvgIpc) is 2.08. The van der Waals surface area contributed by atoms with Crippen molar-refractivity contribution in [3.63, 3.8) is 0 Å². The zero-order chi connectivity index (χ0) is 12.6. The molecule has 0 atom stereocenters. The monoisotopic (exact) mass is 223 g/mol. The molecule has 0 saturated carbocycles. The van der Waals surface area contributed by atoms with E-state index in [4.69, 9.17) is 5.73 Å². The third-order valence-electron chi connectivity index (χ3n) is 3.06. The number of pyridine rings is 1. The van der Waals surface area contributed by atoms with Crippen molar-refractivity contribution in [2.24, 2.45) is 0 Å². The number of rotatable bonds is 3. The highest BCUT2D eigenvalue weighted by Crippen LogP contribution is 2.26. The summed E-state index contributed by atoms with van der Waals surface area (Å²) in [6.45, 7) is 9.35. The van der Waals surface area contributed by atoms with Gasteiger partial charge in [0.05, 0.1) is 23.0 Å². The third kappa shape index (κ3) is 2.64. The van der Waals surface area contributed by atoms with Crippen LogP contribution in [0.5, 0.6) is 0 Å². The molecule has 0 unspecified atom stereocenters. The molecule has 0 amide bonds. The van der Waals surface area contributed by atoms with E-state index in [2.05, 4.69) is 10.3 Å². The Morgan fingerprint density at radius 3 is 2.31 bits per heavy atom. The summed E-state index contributed by atoms with van der Waals surface area (Å²) in [5.41, 5.74) is 5.93. The minimum atomic E-state index is -0.845. The predicted octanol–water partition coefficient (Wildman–Crippen LogP) is 1.93. The number of aliphatic hydroxyl groups is 1. The minimum Gasteiger partial charge on any atom is -0.397 e. The smallest absolute Gasteiger partial charge is 0.129 e. The van der Waals surface area contributed by atoms with Gasteiger partial charge in [0, 0.05) is 0 Å². The lowest BCUT2D eigenvalue weighted by atomic mass is 9.86. The number of nitrogens with one attached hydrogen (secondary N) is 1. The molecule has 1 heterocycles. The minimum absolute atomic E-state index is 0.471. The van der Waals surface area contributed by atoms with Crippen molar-refractivity contribution in [3.8, 4) is 0 Å². The molecule has 0 spiro atoms. The van der Waals surface area contributed by atoms with Crippen molar-refractivity contribution < 1.29 is 5.11 Å². The van der Waals surface area contributed by atoms with Crippen molar-refractivity contribution in [1.29, 1.82) is 0 Å². The van der Waals surface area contributed by atoms with Gasteiger partial charge in [-0.15, -0.1) is 0 Å². The second kappa shape index (κ2) is 3.94. The van der Waals surface area contributed by atoms with Crippen LogP contribution in [0.3, 0.4) is 0 Å². The summed E-state index contributed by atoms with van der Waals surface area (Å²) in [5.74, 6) is 0.751. The van der Waals surface area contributed by atoms with Crippen LogP contribution in [0.25, 0.3) is 0 Å². The Hall–Kier alpha value is -1.29. The molecule has 0 aliphatic rings. The Bertz CT molecular complexity index is 380. The zero-order valence-corrected chi connectivity index (χ0v) is 10.6. The number of aromatic nitrogens is 1. The van der Waals surface area contributed by atoms with E-state index in [1.54, 1.807) is 20.0 Å². The number of hydrogen-bond acceptors (Lipinski definition) is 4. The average molecular weight is 223 g/mol. The molecule has 4 nitrogen and oxygen atoms in total. The molecule has 90 valence electrons. The van der Waals surface area contributed by atoms with Crippen LogP contribution in [0.15, 0.2) is 12.3 Å². The molecule has 0 saturated heterocycles. The van der Waals surface area contributed by atoms with Gasteiger partial charge in [-0.25, -0.2) is 4.98 Å². The summed E-state index contributed by atoms with van der Waals surface area (Å²) in [4.78, 5) is 4.23. The van der Waals surface area contributed by atoms with Gasteiger partial charge in [0.1, 0.15) is 5.82 Å². The molecule has 16 heavy (non-hydrogen) atoms. The number of anilines is 2. The van der Waals surface area contributed by atoms with Crippen LogP contribution in [0.1, 0.15) is 33.3 Å². The second-order valence-electron chi connectivity index (χ2n) is 5.24. The first-order valence-corrected chi connectivity index (χ1v) is 5.36. The Kier molecular flexibility index (Phi) is 3.15. The van der Waals surface area contributed by atoms with Gasteiger partial charge >= 0.3 is 0 Å². The normalized spacial score (nSPS) is 12.6. The summed E-state index contributed by atoms with van der Waals surface area (Å²) in [6.07, 6.45) is 1.61. The Balaban J connectivity index is 2.97. The molecule has 0 fully saturated rings. The van der Waals surface area contributed by atoms with Crippen LogP contribution in [0.2, 0.25) is 0 Å². The van der Waals surface area contributed by atoms with E-state index >= 15 is 0 Å². The maximum Gasteiger partial charge on any atom is 0.129 e. The van der Waals surface area contributed by atoms with Gasteiger partial charge in [0.2, 0.25) is 0 Å². The molecule has 1 aromatic rings. The fourth-order valence-corrected chi connectivity index (χ4v) is 1.18. The van der Waals surface area contributed by atoms with Gasteiger partial charge in [-0.2, -0.15) is 0 Å². The standard InChI is InChI=1S/C12H21N3O/c1-8-6-9(13)7-14-10(8)15-11(2,3)12(4,5)16/h6-7,16H,13H2,1-5H3,(H,14,15). The zero-order valence-electron chi connectivity index (χ0n) is 10.6. The first-order chi connectivity index (χ1) is 7.13. The molecule has 4 heteroatoms. The molecule has 1 aromatic heterocycles. The first kappa shape index (κ1) is 12.8. The molecular weight excluding hydrogens is 202 g/mol. The Morgan fingerprint density at radius 1 is 1.31 bits per heavy atom. The van der Waals surface area contributed by atoms with Gasteiger partial charge in [-0.1, -0.05) is 0 Å². The second-order valence-corrected chi connectivity index (χ2v) is 5.24. The lowest BCUT2D eigenvalue weighted by Crippen LogP contribution is -2.51. The van der Waals surface area contributed by atoms with Crippen molar-refractivity contribution in [2.75, 3.05) is 11.1 Å². The number of nitrogen functional groups attached to an aromatic ring is 1. The molecule has 0 aromatic carbocycles. The van der Waals surface area contributed by atoms with Crippen LogP contribution < -0.4 is 11.1 Å². The molecule has 4 N–H and O–H groups in total. The number of aryl methyl sites for hydroxylation is 1. The molecule has 0 bridgehead atoms. The molecule has 0 aliphatic heterocycles. The summed E-state index contributed by atoms with van der Waals surface area (Å²) >= 11 is 0. The quantitative estimate of drug-likeness (QED) is 0.732. The Labute approximate surface area is 96.9 Å². The predicted molar refractivity (Wildman–Crippen MR) is 67.4 cm³/mol. The summed E-state index contributed by atoms with van der Waals surface area (Å²) in [7, 11) is 0. The highest BCUT2D eigenvalue weighted by atomic mass is 16.3. The van der Waals surface area contributed by atoms with Crippen LogP contribution in [-0.2, 0) is 0 Å². The molecule has 1 rings (SSSR count). The Morgan fingerprint density at radius 2 is 1.88 bits per heavy atom. The van der Waals surface area contributed by atoms with Crippen molar-refractivity contribution in [3.05, 3.63) is 17.8 Å². The van der Waals surface area contributed by atoms with E-state index in [9.17, 15) is 5.11 Å². The van der Waals surface area contributed by atoms with E-state index in [1.807, 2.05) is 26.8 Å². The highest BCUT2D eigenvalue weighted by molar-refractivity contribution is 5.52. The van der Waals surface area contributed by atoms with Gasteiger partial charge in [0.15, 0.2) is 0 Å². The molecule has 0 radical (unpaired) electrons. The van der Waals surface area contributed by atoms with Gasteiger partial charge < -0.3 is 16.2 Å². The van der Waals surface area contributed by atoms with Crippen LogP contribution in [-0.4, -0.2) is 21.2 Å². The molecule has 0 aliphatic carbocycles.